The van der Waals surface area contributed by atoms with Crippen LogP contribution in [0.1, 0.15) is 62.0 Å². The third-order valence-corrected chi connectivity index (χ3v) is 10.5. The lowest BCUT2D eigenvalue weighted by Gasteiger charge is -2.13. The molecule has 0 spiro atoms. The van der Waals surface area contributed by atoms with Gasteiger partial charge < -0.3 is 25.4 Å². The summed E-state index contributed by atoms with van der Waals surface area (Å²) in [5.74, 6) is -0.849. The summed E-state index contributed by atoms with van der Waals surface area (Å²) in [5.41, 5.74) is 4.14. The summed E-state index contributed by atoms with van der Waals surface area (Å²) >= 11 is 2.75. The first-order valence-electron chi connectivity index (χ1n) is 17.4. The van der Waals surface area contributed by atoms with E-state index >= 15 is 0 Å². The summed E-state index contributed by atoms with van der Waals surface area (Å²) < 4.78 is 11.2. The number of nitrogens with one attached hydrogen (secondary N) is 3. The van der Waals surface area contributed by atoms with Gasteiger partial charge in [-0.3, -0.25) is 14.4 Å². The Kier molecular flexibility index (Phi) is 12.8. The van der Waals surface area contributed by atoms with E-state index in [9.17, 15) is 19.2 Å². The van der Waals surface area contributed by atoms with Crippen molar-refractivity contribution in [1.29, 1.82) is 0 Å². The van der Waals surface area contributed by atoms with E-state index in [1.54, 1.807) is 55.5 Å². The highest BCUT2D eigenvalue weighted by Gasteiger charge is 2.27. The largest absolute Gasteiger partial charge is 0.489 e. The maximum Gasteiger partial charge on any atom is 0.341 e. The van der Waals surface area contributed by atoms with Crippen molar-refractivity contribution in [1.82, 2.24) is 5.32 Å². The van der Waals surface area contributed by atoms with E-state index in [-0.39, 0.29) is 24.0 Å². The van der Waals surface area contributed by atoms with Gasteiger partial charge in [0.05, 0.1) is 17.9 Å². The lowest BCUT2D eigenvalue weighted by Crippen LogP contribution is -2.30. The highest BCUT2D eigenvalue weighted by molar-refractivity contribution is 8.00. The summed E-state index contributed by atoms with van der Waals surface area (Å²) in [6, 6.07) is 32.9. The molecule has 1 aromatic heterocycles. The van der Waals surface area contributed by atoms with Crippen LogP contribution in [0.25, 0.3) is 6.08 Å². The quantitative estimate of drug-likeness (QED) is 0.0592. The number of esters is 1. The Morgan fingerprint density at radius 2 is 1.57 bits per heavy atom. The normalized spacial score (nSPS) is 12.3. The number of hydrogen-bond donors (Lipinski definition) is 3. The molecule has 0 bridgehead atoms. The van der Waals surface area contributed by atoms with Gasteiger partial charge in [-0.1, -0.05) is 66.7 Å². The van der Waals surface area contributed by atoms with E-state index in [0.717, 1.165) is 46.6 Å². The van der Waals surface area contributed by atoms with Crippen molar-refractivity contribution in [2.24, 2.45) is 0 Å². The molecular formula is C42H39N3O6S2. The third-order valence-electron chi connectivity index (χ3n) is 8.33. The van der Waals surface area contributed by atoms with Crippen LogP contribution in [0.15, 0.2) is 120 Å². The van der Waals surface area contributed by atoms with Crippen molar-refractivity contribution in [3.8, 4) is 5.75 Å². The summed E-state index contributed by atoms with van der Waals surface area (Å²) in [6.45, 7) is 2.45. The molecule has 3 N–H and O–H groups in total. The number of amides is 3. The van der Waals surface area contributed by atoms with Crippen molar-refractivity contribution in [2.75, 3.05) is 23.0 Å². The fraction of sp³-hybridized carbons (Fsp3) is 0.190. The van der Waals surface area contributed by atoms with Crippen LogP contribution in [0.2, 0.25) is 0 Å². The molecule has 6 rings (SSSR count). The molecule has 1 heterocycles. The summed E-state index contributed by atoms with van der Waals surface area (Å²) in [4.78, 5) is 54.6. The summed E-state index contributed by atoms with van der Waals surface area (Å²) in [5, 5.41) is 9.13. The number of anilines is 2. The minimum Gasteiger partial charge on any atom is -0.489 e. The monoisotopic (exact) mass is 745 g/mol. The topological polar surface area (TPSA) is 123 Å². The molecule has 0 unspecified atom stereocenters. The van der Waals surface area contributed by atoms with Crippen molar-refractivity contribution in [2.45, 2.75) is 44.1 Å². The van der Waals surface area contributed by atoms with E-state index in [1.807, 2.05) is 66.7 Å². The number of hydrogen-bond acceptors (Lipinski definition) is 8. The standard InChI is InChI=1S/C42H39N3O6S2/c1-2-50-42(49)38-34-18-9-10-19-36(34)53-41(38)45-37(46)27-52-33-17-11-16-31(25-33)43-40(48)35(44-39(47)30-14-7-4-8-15-30)24-28-20-22-32(23-21-28)51-26-29-12-5-3-6-13-29/h3-8,11-17,20-25H,2,9-10,18-19,26-27H2,1H3,(H,43,48)(H,44,47)(H,45,46)/b35-24+. The molecular weight excluding hydrogens is 707 g/mol. The van der Waals surface area contributed by atoms with Crippen LogP contribution in [0.5, 0.6) is 5.75 Å². The van der Waals surface area contributed by atoms with E-state index in [1.165, 1.54) is 23.1 Å². The van der Waals surface area contributed by atoms with Gasteiger partial charge in [-0.15, -0.1) is 23.1 Å². The number of thiophene rings is 1. The number of fused-ring (bicyclic) bond motifs is 1. The Bertz CT molecular complexity index is 2100. The smallest absolute Gasteiger partial charge is 0.341 e. The summed E-state index contributed by atoms with van der Waals surface area (Å²) in [6.07, 6.45) is 5.35. The number of carbonyl (C=O) groups is 4. The van der Waals surface area contributed by atoms with Gasteiger partial charge in [0.15, 0.2) is 0 Å². The van der Waals surface area contributed by atoms with Crippen LogP contribution < -0.4 is 20.7 Å². The zero-order valence-electron chi connectivity index (χ0n) is 29.2. The van der Waals surface area contributed by atoms with Crippen molar-refractivity contribution < 1.29 is 28.7 Å². The van der Waals surface area contributed by atoms with Gasteiger partial charge in [-0.25, -0.2) is 4.79 Å². The fourth-order valence-electron chi connectivity index (χ4n) is 5.76. The predicted molar refractivity (Wildman–Crippen MR) is 210 cm³/mol. The highest BCUT2D eigenvalue weighted by Crippen LogP contribution is 2.39. The highest BCUT2D eigenvalue weighted by atomic mass is 32.2. The fourth-order valence-corrected chi connectivity index (χ4v) is 7.81. The Morgan fingerprint density at radius 3 is 2.32 bits per heavy atom. The zero-order chi connectivity index (χ0) is 37.0. The van der Waals surface area contributed by atoms with Crippen LogP contribution in [0.4, 0.5) is 10.7 Å². The van der Waals surface area contributed by atoms with E-state index in [4.69, 9.17) is 9.47 Å². The molecule has 0 atom stereocenters. The predicted octanol–water partition coefficient (Wildman–Crippen LogP) is 8.52. The van der Waals surface area contributed by atoms with Gasteiger partial charge in [0.1, 0.15) is 23.1 Å². The van der Waals surface area contributed by atoms with Gasteiger partial charge >= 0.3 is 5.97 Å². The average Bonchev–Trinajstić information content (AvgIpc) is 3.55. The molecule has 0 saturated heterocycles. The molecule has 9 nitrogen and oxygen atoms in total. The Balaban J connectivity index is 1.12. The van der Waals surface area contributed by atoms with Crippen LogP contribution in [0.3, 0.4) is 0 Å². The molecule has 53 heavy (non-hydrogen) atoms. The minimum atomic E-state index is -0.522. The number of rotatable bonds is 14. The molecule has 0 saturated carbocycles. The number of benzene rings is 4. The Hall–Kier alpha value is -5.65. The van der Waals surface area contributed by atoms with Crippen molar-refractivity contribution in [3.63, 3.8) is 0 Å². The lowest BCUT2D eigenvalue weighted by atomic mass is 9.95. The molecule has 4 aromatic carbocycles. The first kappa shape index (κ1) is 37.1. The zero-order valence-corrected chi connectivity index (χ0v) is 30.8. The Morgan fingerprint density at radius 1 is 0.830 bits per heavy atom. The van der Waals surface area contributed by atoms with Gasteiger partial charge in [-0.05, 0) is 97.8 Å². The molecule has 0 fully saturated rings. The first-order chi connectivity index (χ1) is 25.9. The van der Waals surface area contributed by atoms with Crippen LogP contribution in [-0.4, -0.2) is 36.1 Å². The minimum absolute atomic E-state index is 0.0466. The Labute approximate surface area is 316 Å². The van der Waals surface area contributed by atoms with E-state index in [2.05, 4.69) is 16.0 Å². The summed E-state index contributed by atoms with van der Waals surface area (Å²) in [7, 11) is 0. The van der Waals surface area contributed by atoms with Crippen LogP contribution >= 0.6 is 23.1 Å². The average molecular weight is 746 g/mol. The SMILES string of the molecule is CCOC(=O)c1c(NC(=O)CSc2cccc(NC(=O)/C(=C\c3ccc(OCc4ccccc4)cc3)NC(=O)c3ccccc3)c2)sc2c1CCCC2. The second-order valence-corrected chi connectivity index (χ2v) is 14.3. The van der Waals surface area contributed by atoms with E-state index in [0.29, 0.717) is 39.7 Å². The van der Waals surface area contributed by atoms with Crippen molar-refractivity contribution >= 4 is 63.6 Å². The van der Waals surface area contributed by atoms with Gasteiger partial charge in [-0.2, -0.15) is 0 Å². The van der Waals surface area contributed by atoms with Gasteiger partial charge in [0.2, 0.25) is 5.91 Å². The second-order valence-electron chi connectivity index (χ2n) is 12.2. The number of aryl methyl sites for hydroxylation is 1. The molecule has 1 aliphatic rings. The molecule has 0 radical (unpaired) electrons. The number of thioether (sulfide) groups is 1. The molecule has 1 aliphatic carbocycles. The second kappa shape index (κ2) is 18.2. The first-order valence-corrected chi connectivity index (χ1v) is 19.2. The third kappa shape index (κ3) is 10.2. The van der Waals surface area contributed by atoms with Crippen LogP contribution in [0, 0.1) is 0 Å². The maximum absolute atomic E-state index is 13.7. The number of ether oxygens (including phenoxy) is 2. The maximum atomic E-state index is 13.7. The molecule has 270 valence electrons. The van der Waals surface area contributed by atoms with Gasteiger partial charge in [0, 0.05) is 21.0 Å². The van der Waals surface area contributed by atoms with Crippen LogP contribution in [-0.2, 0) is 33.8 Å². The lowest BCUT2D eigenvalue weighted by molar-refractivity contribution is -0.114. The van der Waals surface area contributed by atoms with E-state index < -0.39 is 17.8 Å². The molecule has 11 heteroatoms. The van der Waals surface area contributed by atoms with Gasteiger partial charge in [0.25, 0.3) is 11.8 Å². The molecule has 3 amide bonds. The number of carbonyl (C=O) groups excluding carboxylic acids is 4. The molecule has 0 aliphatic heterocycles. The van der Waals surface area contributed by atoms with Crippen molar-refractivity contribution in [3.05, 3.63) is 148 Å². The molecule has 5 aromatic rings.